The van der Waals surface area contributed by atoms with Gasteiger partial charge in [0.2, 0.25) is 5.95 Å². The summed E-state index contributed by atoms with van der Waals surface area (Å²) >= 11 is 0. The lowest BCUT2D eigenvalue weighted by molar-refractivity contribution is 0.417. The van der Waals surface area contributed by atoms with Crippen molar-refractivity contribution in [2.24, 2.45) is 11.8 Å². The molecule has 1 aromatic rings. The van der Waals surface area contributed by atoms with E-state index in [1.165, 1.54) is 5.56 Å². The molecule has 0 N–H and O–H groups in total. The molecule has 1 atom stereocenters. The van der Waals surface area contributed by atoms with Gasteiger partial charge in [0.25, 0.3) is 0 Å². The number of anilines is 1. The lowest BCUT2D eigenvalue weighted by Crippen LogP contribution is -2.36. The highest BCUT2D eigenvalue weighted by Crippen LogP contribution is 2.22. The van der Waals surface area contributed by atoms with E-state index in [0.717, 1.165) is 38.3 Å². The van der Waals surface area contributed by atoms with Crippen molar-refractivity contribution in [2.75, 3.05) is 18.0 Å². The normalized spacial score (nSPS) is 19.5. The number of nitrogens with zero attached hydrogens (tertiary/aromatic N) is 4. The lowest BCUT2D eigenvalue weighted by Gasteiger charge is -2.31. The molecule has 0 aliphatic carbocycles. The quantitative estimate of drug-likeness (QED) is 0.833. The summed E-state index contributed by atoms with van der Waals surface area (Å²) in [5, 5.41) is 8.80. The van der Waals surface area contributed by atoms with Crippen LogP contribution >= 0.6 is 0 Å². The van der Waals surface area contributed by atoms with E-state index >= 15 is 0 Å². The van der Waals surface area contributed by atoms with Gasteiger partial charge in [-0.05, 0) is 36.7 Å². The van der Waals surface area contributed by atoms with Gasteiger partial charge in [-0.1, -0.05) is 13.8 Å². The molecular formula is C15H22N4. The predicted molar refractivity (Wildman–Crippen MR) is 75.7 cm³/mol. The van der Waals surface area contributed by atoms with E-state index in [9.17, 15) is 0 Å². The number of nitriles is 1. The summed E-state index contributed by atoms with van der Waals surface area (Å²) in [7, 11) is 0. The van der Waals surface area contributed by atoms with Crippen LogP contribution in [0.25, 0.3) is 0 Å². The van der Waals surface area contributed by atoms with Crippen LogP contribution in [0.1, 0.15) is 38.7 Å². The first-order chi connectivity index (χ1) is 9.19. The van der Waals surface area contributed by atoms with Crippen molar-refractivity contribution < 1.29 is 0 Å². The molecule has 102 valence electrons. The number of hydrogen-bond acceptors (Lipinski definition) is 4. The number of piperidine rings is 1. The Bertz CT molecular complexity index is 432. The summed E-state index contributed by atoms with van der Waals surface area (Å²) in [5.41, 5.74) is 1.20. The smallest absolute Gasteiger partial charge is 0.225 e. The summed E-state index contributed by atoms with van der Waals surface area (Å²) in [5.74, 6) is 1.91. The minimum atomic E-state index is 0.470. The molecule has 0 bridgehead atoms. The molecule has 2 heterocycles. The van der Waals surface area contributed by atoms with E-state index < -0.39 is 0 Å². The standard InChI is InChI=1S/C15H22N4/c1-12(2)8-14-9-17-15(18-10-14)19-7-3-4-13(11-19)5-6-16/h9-10,12-13H,3-5,7-8,11H2,1-2H3. The van der Waals surface area contributed by atoms with Crippen molar-refractivity contribution in [2.45, 2.75) is 39.5 Å². The molecular weight excluding hydrogens is 236 g/mol. The minimum Gasteiger partial charge on any atom is -0.341 e. The summed E-state index contributed by atoms with van der Waals surface area (Å²) in [6.45, 7) is 6.32. The zero-order valence-electron chi connectivity index (χ0n) is 11.8. The molecule has 0 aromatic carbocycles. The summed E-state index contributed by atoms with van der Waals surface area (Å²) in [6.07, 6.45) is 7.82. The van der Waals surface area contributed by atoms with Crippen LogP contribution in [0.3, 0.4) is 0 Å². The fourth-order valence-electron chi connectivity index (χ4n) is 2.63. The Labute approximate surface area is 115 Å². The van der Waals surface area contributed by atoms with Crippen LogP contribution in [0, 0.1) is 23.2 Å². The maximum Gasteiger partial charge on any atom is 0.225 e. The Morgan fingerprint density at radius 3 is 2.79 bits per heavy atom. The summed E-state index contributed by atoms with van der Waals surface area (Å²) < 4.78 is 0. The molecule has 4 heteroatoms. The minimum absolute atomic E-state index is 0.470. The Morgan fingerprint density at radius 1 is 1.42 bits per heavy atom. The van der Waals surface area contributed by atoms with E-state index in [2.05, 4.69) is 34.8 Å². The third kappa shape index (κ3) is 3.92. The van der Waals surface area contributed by atoms with E-state index in [0.29, 0.717) is 18.3 Å². The number of aromatic nitrogens is 2. The molecule has 1 saturated heterocycles. The van der Waals surface area contributed by atoms with E-state index in [-0.39, 0.29) is 0 Å². The van der Waals surface area contributed by atoms with Gasteiger partial charge in [-0.3, -0.25) is 0 Å². The van der Waals surface area contributed by atoms with E-state index in [4.69, 9.17) is 5.26 Å². The Morgan fingerprint density at radius 2 is 2.16 bits per heavy atom. The molecule has 1 aliphatic rings. The van der Waals surface area contributed by atoms with Gasteiger partial charge in [0, 0.05) is 31.9 Å². The van der Waals surface area contributed by atoms with Gasteiger partial charge in [-0.25, -0.2) is 9.97 Å². The van der Waals surface area contributed by atoms with Crippen LogP contribution in [0.4, 0.5) is 5.95 Å². The van der Waals surface area contributed by atoms with Crippen molar-refractivity contribution in [3.63, 3.8) is 0 Å². The molecule has 1 fully saturated rings. The van der Waals surface area contributed by atoms with Gasteiger partial charge in [0.1, 0.15) is 0 Å². The topological polar surface area (TPSA) is 52.8 Å². The molecule has 0 radical (unpaired) electrons. The summed E-state index contributed by atoms with van der Waals surface area (Å²) in [6, 6.07) is 2.27. The van der Waals surface area contributed by atoms with Crippen LogP contribution in [0.2, 0.25) is 0 Å². The van der Waals surface area contributed by atoms with E-state index in [1.807, 2.05) is 12.4 Å². The zero-order chi connectivity index (χ0) is 13.7. The van der Waals surface area contributed by atoms with Crippen LogP contribution < -0.4 is 4.90 Å². The van der Waals surface area contributed by atoms with Crippen LogP contribution in [0.5, 0.6) is 0 Å². The van der Waals surface area contributed by atoms with Gasteiger partial charge in [0.15, 0.2) is 0 Å². The fraction of sp³-hybridized carbons (Fsp3) is 0.667. The highest BCUT2D eigenvalue weighted by atomic mass is 15.2. The average Bonchev–Trinajstić information content (AvgIpc) is 2.40. The van der Waals surface area contributed by atoms with Gasteiger partial charge >= 0.3 is 0 Å². The van der Waals surface area contributed by atoms with Crippen molar-refractivity contribution in [1.29, 1.82) is 5.26 Å². The maximum atomic E-state index is 8.80. The van der Waals surface area contributed by atoms with Crippen LogP contribution in [0.15, 0.2) is 12.4 Å². The van der Waals surface area contributed by atoms with Crippen molar-refractivity contribution in [3.8, 4) is 6.07 Å². The number of rotatable bonds is 4. The molecule has 0 amide bonds. The average molecular weight is 258 g/mol. The SMILES string of the molecule is CC(C)Cc1cnc(N2CCCC(CC#N)C2)nc1. The second kappa shape index (κ2) is 6.51. The van der Waals surface area contributed by atoms with Gasteiger partial charge < -0.3 is 4.90 Å². The Hall–Kier alpha value is -1.63. The van der Waals surface area contributed by atoms with Crippen molar-refractivity contribution in [1.82, 2.24) is 9.97 Å². The van der Waals surface area contributed by atoms with Crippen molar-refractivity contribution >= 4 is 5.95 Å². The highest BCUT2D eigenvalue weighted by molar-refractivity contribution is 5.30. The largest absolute Gasteiger partial charge is 0.341 e. The molecule has 1 unspecified atom stereocenters. The Balaban J connectivity index is 1.99. The molecule has 4 nitrogen and oxygen atoms in total. The van der Waals surface area contributed by atoms with Crippen LogP contribution in [-0.4, -0.2) is 23.1 Å². The first kappa shape index (κ1) is 13.8. The third-order valence-corrected chi connectivity index (χ3v) is 3.52. The first-order valence-electron chi connectivity index (χ1n) is 7.12. The molecule has 1 aromatic heterocycles. The van der Waals surface area contributed by atoms with Gasteiger partial charge in [-0.2, -0.15) is 5.26 Å². The van der Waals surface area contributed by atoms with Crippen molar-refractivity contribution in [3.05, 3.63) is 18.0 Å². The molecule has 19 heavy (non-hydrogen) atoms. The second-order valence-electron chi connectivity index (χ2n) is 5.81. The van der Waals surface area contributed by atoms with Gasteiger partial charge in [-0.15, -0.1) is 0 Å². The van der Waals surface area contributed by atoms with Gasteiger partial charge in [0.05, 0.1) is 6.07 Å². The lowest BCUT2D eigenvalue weighted by atomic mass is 9.96. The van der Waals surface area contributed by atoms with Crippen LogP contribution in [-0.2, 0) is 6.42 Å². The summed E-state index contributed by atoms with van der Waals surface area (Å²) in [4.78, 5) is 11.2. The predicted octanol–water partition coefficient (Wildman–Crippen LogP) is 2.81. The second-order valence-corrected chi connectivity index (χ2v) is 5.81. The molecule has 0 spiro atoms. The highest BCUT2D eigenvalue weighted by Gasteiger charge is 2.21. The molecule has 0 saturated carbocycles. The fourth-order valence-corrected chi connectivity index (χ4v) is 2.63. The third-order valence-electron chi connectivity index (χ3n) is 3.52. The maximum absolute atomic E-state index is 8.80. The zero-order valence-corrected chi connectivity index (χ0v) is 11.8. The van der Waals surface area contributed by atoms with E-state index in [1.54, 1.807) is 0 Å². The monoisotopic (exact) mass is 258 g/mol. The molecule has 1 aliphatic heterocycles. The number of hydrogen-bond donors (Lipinski definition) is 0. The first-order valence-corrected chi connectivity index (χ1v) is 7.12. The Kier molecular flexibility index (Phi) is 4.73. The molecule has 2 rings (SSSR count).